The van der Waals surface area contributed by atoms with E-state index in [-0.39, 0.29) is 12.3 Å². The Morgan fingerprint density at radius 2 is 1.95 bits per heavy atom. The summed E-state index contributed by atoms with van der Waals surface area (Å²) < 4.78 is 14.4. The van der Waals surface area contributed by atoms with Crippen LogP contribution in [0.5, 0.6) is 0 Å². The number of nitrogens with zero attached hydrogens (tertiary/aromatic N) is 1. The molecule has 1 saturated carbocycles. The third-order valence-corrected chi connectivity index (χ3v) is 4.86. The first kappa shape index (κ1) is 14.0. The number of aliphatic carboxylic acids is 1. The molecule has 1 fully saturated rings. The molecular weight excluding hydrogens is 273 g/mol. The highest BCUT2D eigenvalue weighted by Crippen LogP contribution is 2.43. The monoisotopic (exact) mass is 291 g/mol. The molecule has 1 amide bonds. The molecule has 1 N–H and O–H groups in total. The van der Waals surface area contributed by atoms with Crippen molar-refractivity contribution in [2.75, 3.05) is 11.9 Å². The van der Waals surface area contributed by atoms with Crippen LogP contribution in [-0.2, 0) is 21.4 Å². The number of carboxylic acid groups (broad SMARTS) is 1. The van der Waals surface area contributed by atoms with Gasteiger partial charge < -0.3 is 10.0 Å². The number of anilines is 1. The Balaban J connectivity index is 2.11. The van der Waals surface area contributed by atoms with Crippen molar-refractivity contribution in [3.8, 4) is 0 Å². The maximum Gasteiger partial charge on any atom is 0.314 e. The van der Waals surface area contributed by atoms with Gasteiger partial charge in [-0.2, -0.15) is 0 Å². The Labute approximate surface area is 122 Å². The second-order valence-electron chi connectivity index (χ2n) is 6.04. The van der Waals surface area contributed by atoms with Gasteiger partial charge in [-0.1, -0.05) is 25.3 Å². The van der Waals surface area contributed by atoms with Crippen molar-refractivity contribution in [2.45, 2.75) is 43.9 Å². The predicted molar refractivity (Wildman–Crippen MR) is 75.9 cm³/mol. The van der Waals surface area contributed by atoms with Crippen molar-refractivity contribution >= 4 is 17.6 Å². The predicted octanol–water partition coefficient (Wildman–Crippen LogP) is 2.63. The van der Waals surface area contributed by atoms with E-state index < -0.39 is 17.2 Å². The van der Waals surface area contributed by atoms with E-state index in [1.807, 2.05) is 0 Å². The molecule has 0 unspecified atom stereocenters. The standard InChI is InChI=1S/C16H18FNO3/c1-18-13(19)8-10-7-11(9-12(17)14(10)18)16(15(20)21)5-3-2-4-6-16/h7,9H,2-6,8H2,1H3,(H,20,21). The molecule has 1 aromatic carbocycles. The highest BCUT2D eigenvalue weighted by Gasteiger charge is 2.43. The van der Waals surface area contributed by atoms with Gasteiger partial charge in [0.2, 0.25) is 5.91 Å². The van der Waals surface area contributed by atoms with Crippen LogP contribution in [0.2, 0.25) is 0 Å². The van der Waals surface area contributed by atoms with Crippen LogP contribution in [0.15, 0.2) is 12.1 Å². The molecule has 1 heterocycles. The number of likely N-dealkylation sites (N-methyl/N-ethyl adjacent to an activating group) is 1. The average Bonchev–Trinajstić information content (AvgIpc) is 2.75. The molecule has 4 nitrogen and oxygen atoms in total. The van der Waals surface area contributed by atoms with Crippen molar-refractivity contribution in [3.63, 3.8) is 0 Å². The van der Waals surface area contributed by atoms with Crippen LogP contribution in [0, 0.1) is 5.82 Å². The summed E-state index contributed by atoms with van der Waals surface area (Å²) >= 11 is 0. The van der Waals surface area contributed by atoms with Gasteiger partial charge in [-0.15, -0.1) is 0 Å². The fourth-order valence-corrected chi connectivity index (χ4v) is 3.63. The topological polar surface area (TPSA) is 57.6 Å². The minimum atomic E-state index is -1.00. The Hall–Kier alpha value is -1.91. The van der Waals surface area contributed by atoms with E-state index in [4.69, 9.17) is 0 Å². The highest BCUT2D eigenvalue weighted by molar-refractivity contribution is 6.01. The number of amides is 1. The zero-order valence-corrected chi connectivity index (χ0v) is 12.0. The molecule has 3 rings (SSSR count). The Kier molecular flexibility index (Phi) is 3.23. The Morgan fingerprint density at radius 1 is 1.29 bits per heavy atom. The highest BCUT2D eigenvalue weighted by atomic mass is 19.1. The van der Waals surface area contributed by atoms with E-state index >= 15 is 0 Å². The van der Waals surface area contributed by atoms with Gasteiger partial charge in [-0.05, 0) is 30.0 Å². The van der Waals surface area contributed by atoms with Gasteiger partial charge >= 0.3 is 5.97 Å². The van der Waals surface area contributed by atoms with Gasteiger partial charge in [-0.25, -0.2) is 4.39 Å². The average molecular weight is 291 g/mol. The normalized spacial score (nSPS) is 20.5. The van der Waals surface area contributed by atoms with Gasteiger partial charge in [0, 0.05) is 7.05 Å². The number of carbonyl (C=O) groups is 2. The van der Waals surface area contributed by atoms with E-state index in [1.54, 1.807) is 13.1 Å². The van der Waals surface area contributed by atoms with Gasteiger partial charge in [0.05, 0.1) is 17.5 Å². The SMILES string of the molecule is CN1C(=O)Cc2cc(C3(C(=O)O)CCCCC3)cc(F)c21. The summed E-state index contributed by atoms with van der Waals surface area (Å²) in [6.07, 6.45) is 3.90. The van der Waals surface area contributed by atoms with E-state index in [1.165, 1.54) is 11.0 Å². The third kappa shape index (κ3) is 2.03. The fraction of sp³-hybridized carbons (Fsp3) is 0.500. The molecule has 112 valence electrons. The number of hydrogen-bond donors (Lipinski definition) is 1. The van der Waals surface area contributed by atoms with Crippen LogP contribution in [0.25, 0.3) is 0 Å². The summed E-state index contributed by atoms with van der Waals surface area (Å²) in [4.78, 5) is 24.9. The summed E-state index contributed by atoms with van der Waals surface area (Å²) in [5.41, 5.74) is 0.399. The van der Waals surface area contributed by atoms with Crippen molar-refractivity contribution < 1.29 is 19.1 Å². The van der Waals surface area contributed by atoms with E-state index in [0.29, 0.717) is 29.7 Å². The van der Waals surface area contributed by atoms with E-state index in [0.717, 1.165) is 19.3 Å². The first-order chi connectivity index (χ1) is 9.95. The van der Waals surface area contributed by atoms with E-state index in [2.05, 4.69) is 0 Å². The lowest BCUT2D eigenvalue weighted by atomic mass is 9.69. The van der Waals surface area contributed by atoms with Crippen LogP contribution >= 0.6 is 0 Å². The smallest absolute Gasteiger partial charge is 0.314 e. The molecule has 1 aliphatic heterocycles. The lowest BCUT2D eigenvalue weighted by Crippen LogP contribution is -2.38. The Morgan fingerprint density at radius 3 is 2.57 bits per heavy atom. The number of rotatable bonds is 2. The molecule has 0 aromatic heterocycles. The molecule has 5 heteroatoms. The number of fused-ring (bicyclic) bond motifs is 1. The van der Waals surface area contributed by atoms with E-state index in [9.17, 15) is 19.1 Å². The minimum absolute atomic E-state index is 0.145. The molecule has 21 heavy (non-hydrogen) atoms. The molecule has 1 aromatic rings. The minimum Gasteiger partial charge on any atom is -0.481 e. The quantitative estimate of drug-likeness (QED) is 0.911. The fourth-order valence-electron chi connectivity index (χ4n) is 3.63. The number of hydrogen-bond acceptors (Lipinski definition) is 2. The number of carboxylic acids is 1. The molecule has 0 radical (unpaired) electrons. The summed E-state index contributed by atoms with van der Waals surface area (Å²) in [6.45, 7) is 0. The molecule has 0 bridgehead atoms. The third-order valence-electron chi connectivity index (χ3n) is 4.86. The van der Waals surface area contributed by atoms with Crippen LogP contribution in [0.4, 0.5) is 10.1 Å². The van der Waals surface area contributed by atoms with Crippen molar-refractivity contribution in [3.05, 3.63) is 29.1 Å². The number of halogens is 1. The summed E-state index contributed by atoms with van der Waals surface area (Å²) in [5.74, 6) is -1.55. The van der Waals surface area contributed by atoms with Crippen LogP contribution < -0.4 is 4.90 Å². The van der Waals surface area contributed by atoms with Gasteiger partial charge in [0.25, 0.3) is 0 Å². The molecule has 1 aliphatic carbocycles. The molecule has 0 atom stereocenters. The first-order valence-corrected chi connectivity index (χ1v) is 7.28. The second-order valence-corrected chi connectivity index (χ2v) is 6.04. The maximum atomic E-state index is 14.4. The summed E-state index contributed by atoms with van der Waals surface area (Å²) in [7, 11) is 1.55. The number of carbonyl (C=O) groups excluding carboxylic acids is 1. The molecule has 0 spiro atoms. The van der Waals surface area contributed by atoms with Crippen LogP contribution in [0.1, 0.15) is 43.2 Å². The molecule has 2 aliphatic rings. The van der Waals surface area contributed by atoms with Crippen molar-refractivity contribution in [1.29, 1.82) is 0 Å². The molecular formula is C16H18FNO3. The lowest BCUT2D eigenvalue weighted by molar-refractivity contribution is -0.145. The largest absolute Gasteiger partial charge is 0.481 e. The van der Waals surface area contributed by atoms with Gasteiger partial charge in [0.1, 0.15) is 5.82 Å². The van der Waals surface area contributed by atoms with Crippen LogP contribution in [-0.4, -0.2) is 24.0 Å². The van der Waals surface area contributed by atoms with Crippen LogP contribution in [0.3, 0.4) is 0 Å². The summed E-state index contributed by atoms with van der Waals surface area (Å²) in [6, 6.07) is 3.03. The lowest BCUT2D eigenvalue weighted by Gasteiger charge is -2.34. The van der Waals surface area contributed by atoms with Crippen molar-refractivity contribution in [2.24, 2.45) is 0 Å². The van der Waals surface area contributed by atoms with Gasteiger partial charge in [0.15, 0.2) is 0 Å². The Bertz CT molecular complexity index is 620. The number of benzene rings is 1. The summed E-state index contributed by atoms with van der Waals surface area (Å²) in [5, 5.41) is 9.69. The van der Waals surface area contributed by atoms with Crippen molar-refractivity contribution in [1.82, 2.24) is 0 Å². The molecule has 0 saturated heterocycles. The second kappa shape index (κ2) is 4.83. The first-order valence-electron chi connectivity index (χ1n) is 7.28. The maximum absolute atomic E-state index is 14.4. The van der Waals surface area contributed by atoms with Gasteiger partial charge in [-0.3, -0.25) is 9.59 Å². The zero-order valence-electron chi connectivity index (χ0n) is 12.0. The zero-order chi connectivity index (χ0) is 15.2.